The highest BCUT2D eigenvalue weighted by molar-refractivity contribution is 6.06. The van der Waals surface area contributed by atoms with Crippen LogP contribution in [0.4, 0.5) is 11.4 Å². The first-order valence-corrected chi connectivity index (χ1v) is 7.04. The topological polar surface area (TPSA) is 78.4 Å². The molecule has 0 aliphatic carbocycles. The predicted octanol–water partition coefficient (Wildman–Crippen LogP) is 3.47. The van der Waals surface area contributed by atoms with Gasteiger partial charge in [0.2, 0.25) is 0 Å². The molecule has 0 radical (unpaired) electrons. The second-order valence-corrected chi connectivity index (χ2v) is 5.29. The van der Waals surface area contributed by atoms with Crippen molar-refractivity contribution in [2.24, 2.45) is 0 Å². The van der Waals surface area contributed by atoms with Gasteiger partial charge in [-0.3, -0.25) is 9.59 Å². The maximum Gasteiger partial charge on any atom is 0.255 e. The Morgan fingerprint density at radius 1 is 1.04 bits per heavy atom. The molecule has 3 N–H and O–H groups in total. The highest BCUT2D eigenvalue weighted by Gasteiger charge is 2.10. The van der Waals surface area contributed by atoms with Crippen LogP contribution in [0.2, 0.25) is 0 Å². The van der Waals surface area contributed by atoms with Crippen LogP contribution in [-0.2, 0) is 4.79 Å². The summed E-state index contributed by atoms with van der Waals surface area (Å²) in [5, 5.41) is 15.2. The van der Waals surface area contributed by atoms with E-state index in [1.165, 1.54) is 12.1 Å². The Morgan fingerprint density at radius 3 is 2.26 bits per heavy atom. The summed E-state index contributed by atoms with van der Waals surface area (Å²) >= 11 is 0. The van der Waals surface area contributed by atoms with E-state index in [1.807, 2.05) is 19.1 Å². The fraction of sp³-hybridized carbons (Fsp3) is 0.111. The Bertz CT molecular complexity index is 764. The molecule has 2 aromatic carbocycles. The van der Waals surface area contributed by atoms with Crippen LogP contribution in [0.3, 0.4) is 0 Å². The molecule has 2 amide bonds. The predicted molar refractivity (Wildman–Crippen MR) is 90.7 cm³/mol. The number of aryl methyl sites for hydroxylation is 1. The van der Waals surface area contributed by atoms with Crippen LogP contribution in [0.15, 0.2) is 54.6 Å². The van der Waals surface area contributed by atoms with Crippen molar-refractivity contribution < 1.29 is 14.7 Å². The third kappa shape index (κ3) is 4.20. The molecular formula is C18H18N2O3. The van der Waals surface area contributed by atoms with Gasteiger partial charge in [0, 0.05) is 22.9 Å². The van der Waals surface area contributed by atoms with E-state index in [-0.39, 0.29) is 23.3 Å². The van der Waals surface area contributed by atoms with E-state index >= 15 is 0 Å². The second-order valence-electron chi connectivity index (χ2n) is 5.29. The van der Waals surface area contributed by atoms with Gasteiger partial charge in [0.05, 0.1) is 5.69 Å². The Hall–Kier alpha value is -3.08. The van der Waals surface area contributed by atoms with Crippen molar-refractivity contribution in [2.45, 2.75) is 13.8 Å². The van der Waals surface area contributed by atoms with Crippen molar-refractivity contribution >= 4 is 23.2 Å². The molecule has 2 rings (SSSR count). The Kier molecular flexibility index (Phi) is 4.81. The van der Waals surface area contributed by atoms with Crippen LogP contribution in [0.1, 0.15) is 22.8 Å². The minimum atomic E-state index is -0.333. The monoisotopic (exact) mass is 310 g/mol. The summed E-state index contributed by atoms with van der Waals surface area (Å²) in [5.74, 6) is -0.787. The maximum atomic E-state index is 12.1. The standard InChI is InChI=1S/C18H18N2O3/c1-11(2)17(22)19-14-8-9-15(16(21)10-14)20-18(23)13-6-4-12(3)5-7-13/h4-10,21H,1H2,2-3H3,(H,19,22)(H,20,23). The number of amides is 2. The van der Waals surface area contributed by atoms with Gasteiger partial charge in [0.25, 0.3) is 11.8 Å². The highest BCUT2D eigenvalue weighted by atomic mass is 16.3. The summed E-state index contributed by atoms with van der Waals surface area (Å²) in [6.07, 6.45) is 0. The molecule has 0 unspecified atom stereocenters. The molecule has 0 fully saturated rings. The molecule has 5 nitrogen and oxygen atoms in total. The zero-order valence-electron chi connectivity index (χ0n) is 13.0. The lowest BCUT2D eigenvalue weighted by molar-refractivity contribution is -0.112. The van der Waals surface area contributed by atoms with Gasteiger partial charge in [0.15, 0.2) is 0 Å². The number of carbonyl (C=O) groups excluding carboxylic acids is 2. The number of hydrogen-bond donors (Lipinski definition) is 3. The van der Waals surface area contributed by atoms with Crippen LogP contribution < -0.4 is 10.6 Å². The molecule has 0 bridgehead atoms. The lowest BCUT2D eigenvalue weighted by Crippen LogP contribution is -2.13. The molecule has 0 heterocycles. The van der Waals surface area contributed by atoms with Gasteiger partial charge in [-0.25, -0.2) is 0 Å². The van der Waals surface area contributed by atoms with Gasteiger partial charge >= 0.3 is 0 Å². The third-order valence-electron chi connectivity index (χ3n) is 3.21. The molecular weight excluding hydrogens is 292 g/mol. The van der Waals surface area contributed by atoms with Gasteiger partial charge in [-0.2, -0.15) is 0 Å². The molecule has 0 aliphatic rings. The first-order valence-electron chi connectivity index (χ1n) is 7.04. The van der Waals surface area contributed by atoms with Crippen molar-refractivity contribution in [2.75, 3.05) is 10.6 Å². The number of carbonyl (C=O) groups is 2. The van der Waals surface area contributed by atoms with Crippen LogP contribution >= 0.6 is 0 Å². The summed E-state index contributed by atoms with van der Waals surface area (Å²) in [7, 11) is 0. The number of phenolic OH excluding ortho intramolecular Hbond substituents is 1. The van der Waals surface area contributed by atoms with Gasteiger partial charge in [-0.15, -0.1) is 0 Å². The van der Waals surface area contributed by atoms with E-state index in [4.69, 9.17) is 0 Å². The first-order chi connectivity index (χ1) is 10.9. The van der Waals surface area contributed by atoms with Crippen molar-refractivity contribution in [3.05, 3.63) is 65.7 Å². The van der Waals surface area contributed by atoms with Crippen molar-refractivity contribution in [3.8, 4) is 5.75 Å². The average molecular weight is 310 g/mol. The van der Waals surface area contributed by atoms with Gasteiger partial charge in [-0.05, 0) is 38.1 Å². The fourth-order valence-corrected chi connectivity index (χ4v) is 1.85. The smallest absolute Gasteiger partial charge is 0.255 e. The Morgan fingerprint density at radius 2 is 1.70 bits per heavy atom. The quantitative estimate of drug-likeness (QED) is 0.597. The summed E-state index contributed by atoms with van der Waals surface area (Å²) < 4.78 is 0. The number of benzene rings is 2. The summed E-state index contributed by atoms with van der Waals surface area (Å²) in [6.45, 7) is 7.06. The Labute approximate surface area is 134 Å². The second kappa shape index (κ2) is 6.79. The molecule has 0 atom stereocenters. The van der Waals surface area contributed by atoms with Crippen molar-refractivity contribution in [3.63, 3.8) is 0 Å². The van der Waals surface area contributed by atoms with Crippen molar-refractivity contribution in [1.82, 2.24) is 0 Å². The fourth-order valence-electron chi connectivity index (χ4n) is 1.85. The molecule has 0 saturated heterocycles. The number of nitrogens with one attached hydrogen (secondary N) is 2. The molecule has 0 saturated carbocycles. The normalized spacial score (nSPS) is 10.0. The van der Waals surface area contributed by atoms with Crippen LogP contribution in [0.25, 0.3) is 0 Å². The lowest BCUT2D eigenvalue weighted by atomic mass is 10.1. The lowest BCUT2D eigenvalue weighted by Gasteiger charge is -2.10. The van der Waals surface area contributed by atoms with Crippen LogP contribution in [-0.4, -0.2) is 16.9 Å². The molecule has 23 heavy (non-hydrogen) atoms. The summed E-state index contributed by atoms with van der Waals surface area (Å²) in [4.78, 5) is 23.7. The van der Waals surface area contributed by atoms with Gasteiger partial charge < -0.3 is 15.7 Å². The third-order valence-corrected chi connectivity index (χ3v) is 3.21. The van der Waals surface area contributed by atoms with Gasteiger partial charge in [0.1, 0.15) is 5.75 Å². The summed E-state index contributed by atoms with van der Waals surface area (Å²) in [5.41, 5.74) is 2.60. The number of anilines is 2. The number of rotatable bonds is 4. The molecule has 0 spiro atoms. The zero-order valence-corrected chi connectivity index (χ0v) is 13.0. The number of hydrogen-bond acceptors (Lipinski definition) is 3. The highest BCUT2D eigenvalue weighted by Crippen LogP contribution is 2.27. The number of aromatic hydroxyl groups is 1. The average Bonchev–Trinajstić information content (AvgIpc) is 2.50. The molecule has 0 aliphatic heterocycles. The van der Waals surface area contributed by atoms with E-state index in [0.717, 1.165) is 5.56 Å². The molecule has 2 aromatic rings. The van der Waals surface area contributed by atoms with Crippen LogP contribution in [0, 0.1) is 6.92 Å². The van der Waals surface area contributed by atoms with E-state index in [9.17, 15) is 14.7 Å². The largest absolute Gasteiger partial charge is 0.506 e. The van der Waals surface area contributed by atoms with Gasteiger partial charge in [-0.1, -0.05) is 24.3 Å². The first kappa shape index (κ1) is 16.3. The SMILES string of the molecule is C=C(C)C(=O)Nc1ccc(NC(=O)c2ccc(C)cc2)c(O)c1. The van der Waals surface area contributed by atoms with Crippen LogP contribution in [0.5, 0.6) is 5.75 Å². The minimum Gasteiger partial charge on any atom is -0.506 e. The maximum absolute atomic E-state index is 12.1. The zero-order chi connectivity index (χ0) is 17.0. The summed E-state index contributed by atoms with van der Waals surface area (Å²) in [6, 6.07) is 11.6. The van der Waals surface area contributed by atoms with E-state index < -0.39 is 0 Å². The van der Waals surface area contributed by atoms with Crippen molar-refractivity contribution in [1.29, 1.82) is 0 Å². The minimum absolute atomic E-state index is 0.134. The van der Waals surface area contributed by atoms with E-state index in [1.54, 1.807) is 25.1 Å². The molecule has 5 heteroatoms. The Balaban J connectivity index is 2.12. The van der Waals surface area contributed by atoms with E-state index in [2.05, 4.69) is 17.2 Å². The van der Waals surface area contributed by atoms with E-state index in [0.29, 0.717) is 16.8 Å². The molecule has 0 aromatic heterocycles. The molecule has 118 valence electrons. The number of phenols is 1.